The molecule has 3 rings (SSSR count). The molecule has 0 spiro atoms. The summed E-state index contributed by atoms with van der Waals surface area (Å²) in [6.07, 6.45) is 0. The van der Waals surface area contributed by atoms with Gasteiger partial charge in [-0.1, -0.05) is 48.9 Å². The molecule has 0 bridgehead atoms. The number of rotatable bonds is 8. The number of carbonyl (C=O) groups is 3. The average molecular weight is 445 g/mol. The van der Waals surface area contributed by atoms with Crippen LogP contribution in [0.4, 0.5) is 4.79 Å². The lowest BCUT2D eigenvalue weighted by Gasteiger charge is -2.24. The number of hydrogen-bond donors (Lipinski definition) is 2. The van der Waals surface area contributed by atoms with Crippen molar-refractivity contribution in [2.75, 3.05) is 20.2 Å². The summed E-state index contributed by atoms with van der Waals surface area (Å²) in [5, 5.41) is 4.00. The van der Waals surface area contributed by atoms with Gasteiger partial charge in [-0.15, -0.1) is 0 Å². The molecule has 9 heteroatoms. The Morgan fingerprint density at radius 3 is 2.48 bits per heavy atom. The van der Waals surface area contributed by atoms with Crippen molar-refractivity contribution >= 4 is 29.4 Å². The number of amides is 4. The zero-order valence-electron chi connectivity index (χ0n) is 17.6. The van der Waals surface area contributed by atoms with Crippen molar-refractivity contribution in [3.8, 4) is 5.75 Å². The molecule has 1 aliphatic heterocycles. The number of hydrogen-bond acceptors (Lipinski definition) is 5. The molecule has 1 aliphatic rings. The fourth-order valence-electron chi connectivity index (χ4n) is 3.37. The summed E-state index contributed by atoms with van der Waals surface area (Å²) in [7, 11) is 1.54. The molecule has 2 aromatic rings. The van der Waals surface area contributed by atoms with Crippen LogP contribution >= 0.6 is 11.6 Å². The highest BCUT2D eigenvalue weighted by atomic mass is 35.5. The molecule has 1 heterocycles. The van der Waals surface area contributed by atoms with Gasteiger partial charge in [-0.25, -0.2) is 4.79 Å². The van der Waals surface area contributed by atoms with E-state index in [0.29, 0.717) is 29.4 Å². The van der Waals surface area contributed by atoms with Gasteiger partial charge in [-0.3, -0.25) is 19.9 Å². The maximum atomic E-state index is 13.0. The van der Waals surface area contributed by atoms with Crippen molar-refractivity contribution in [1.29, 1.82) is 0 Å². The van der Waals surface area contributed by atoms with Crippen LogP contribution in [0.25, 0.3) is 0 Å². The molecule has 2 N–H and O–H groups in total. The molecule has 1 saturated heterocycles. The fourth-order valence-corrected chi connectivity index (χ4v) is 3.57. The van der Waals surface area contributed by atoms with Crippen LogP contribution in [0.1, 0.15) is 25.0 Å². The second-order valence-electron chi connectivity index (χ2n) is 7.35. The van der Waals surface area contributed by atoms with E-state index in [1.807, 2.05) is 30.0 Å². The molecule has 0 radical (unpaired) electrons. The van der Waals surface area contributed by atoms with Crippen molar-refractivity contribution in [2.45, 2.75) is 25.9 Å². The van der Waals surface area contributed by atoms with Crippen molar-refractivity contribution in [1.82, 2.24) is 20.7 Å². The van der Waals surface area contributed by atoms with E-state index in [-0.39, 0.29) is 6.54 Å². The number of methoxy groups -OCH3 is 1. The summed E-state index contributed by atoms with van der Waals surface area (Å²) >= 11 is 6.21. The Bertz CT molecular complexity index is 982. The quantitative estimate of drug-likeness (QED) is 0.611. The number of hydrazine groups is 1. The fraction of sp³-hybridized carbons (Fsp3) is 0.318. The molecule has 0 aliphatic carbocycles. The maximum Gasteiger partial charge on any atom is 0.344 e. The Labute approximate surface area is 186 Å². The molecule has 1 unspecified atom stereocenters. The largest absolute Gasteiger partial charge is 0.497 e. The topological polar surface area (TPSA) is 91.0 Å². The summed E-state index contributed by atoms with van der Waals surface area (Å²) in [5.74, 6) is -0.408. The van der Waals surface area contributed by atoms with Crippen LogP contribution in [0.2, 0.25) is 5.02 Å². The predicted molar refractivity (Wildman–Crippen MR) is 116 cm³/mol. The van der Waals surface area contributed by atoms with E-state index in [0.717, 1.165) is 10.6 Å². The standard InChI is InChI=1S/C22H25ClN4O4/c1-4-26(13-15-7-5-6-8-18(15)23)14-19(28)25-27-20(29)22(2,24-21(27)30)16-9-11-17(31-3)12-10-16/h5-12H,4,13-14H2,1-3H3,(H,24,30)(H,25,28). The van der Waals surface area contributed by atoms with E-state index in [4.69, 9.17) is 16.3 Å². The Hall–Kier alpha value is -3.10. The molecule has 1 atom stereocenters. The minimum absolute atomic E-state index is 0.00195. The predicted octanol–water partition coefficient (Wildman–Crippen LogP) is 2.67. The third kappa shape index (κ3) is 4.81. The number of urea groups is 1. The maximum absolute atomic E-state index is 13.0. The number of nitrogens with one attached hydrogen (secondary N) is 2. The van der Waals surface area contributed by atoms with Crippen LogP contribution in [0.3, 0.4) is 0 Å². The van der Waals surface area contributed by atoms with Gasteiger partial charge in [0, 0.05) is 11.6 Å². The average Bonchev–Trinajstić information content (AvgIpc) is 2.98. The Morgan fingerprint density at radius 2 is 1.87 bits per heavy atom. The second-order valence-corrected chi connectivity index (χ2v) is 7.76. The lowest BCUT2D eigenvalue weighted by atomic mass is 9.92. The molecule has 0 aromatic heterocycles. The highest BCUT2D eigenvalue weighted by Gasteiger charge is 2.50. The number of nitrogens with zero attached hydrogens (tertiary/aromatic N) is 2. The SMILES string of the molecule is CCN(CC(=O)NN1C(=O)NC(C)(c2ccc(OC)cc2)C1=O)Cc1ccccc1Cl. The first-order chi connectivity index (χ1) is 14.8. The van der Waals surface area contributed by atoms with Gasteiger partial charge >= 0.3 is 6.03 Å². The van der Waals surface area contributed by atoms with E-state index in [1.165, 1.54) is 0 Å². The second kappa shape index (κ2) is 9.36. The summed E-state index contributed by atoms with van der Waals surface area (Å²) < 4.78 is 5.13. The monoisotopic (exact) mass is 444 g/mol. The normalized spacial score (nSPS) is 18.3. The molecule has 164 valence electrons. The van der Waals surface area contributed by atoms with Gasteiger partial charge in [-0.2, -0.15) is 5.01 Å². The number of likely N-dealkylation sites (N-methyl/N-ethyl adjacent to an activating group) is 1. The van der Waals surface area contributed by atoms with Gasteiger partial charge in [0.25, 0.3) is 11.8 Å². The molecule has 31 heavy (non-hydrogen) atoms. The lowest BCUT2D eigenvalue weighted by Crippen LogP contribution is -2.50. The Kier molecular flexibility index (Phi) is 6.82. The zero-order valence-corrected chi connectivity index (χ0v) is 18.4. The smallest absolute Gasteiger partial charge is 0.344 e. The van der Waals surface area contributed by atoms with Crippen LogP contribution in [0, 0.1) is 0 Å². The summed E-state index contributed by atoms with van der Waals surface area (Å²) in [6.45, 7) is 4.56. The lowest BCUT2D eigenvalue weighted by molar-refractivity contribution is -0.139. The molecular formula is C22H25ClN4O4. The van der Waals surface area contributed by atoms with Crippen LogP contribution in [0.15, 0.2) is 48.5 Å². The van der Waals surface area contributed by atoms with Gasteiger partial charge in [0.1, 0.15) is 11.3 Å². The van der Waals surface area contributed by atoms with Crippen molar-refractivity contribution in [3.05, 3.63) is 64.7 Å². The first kappa shape index (κ1) is 22.6. The van der Waals surface area contributed by atoms with Gasteiger partial charge in [-0.05, 0) is 42.8 Å². The first-order valence-electron chi connectivity index (χ1n) is 9.85. The molecule has 1 fully saturated rings. The van der Waals surface area contributed by atoms with Crippen molar-refractivity contribution < 1.29 is 19.1 Å². The number of ether oxygens (including phenoxy) is 1. The zero-order chi connectivity index (χ0) is 22.6. The van der Waals surface area contributed by atoms with E-state index in [1.54, 1.807) is 44.4 Å². The van der Waals surface area contributed by atoms with E-state index >= 15 is 0 Å². The minimum atomic E-state index is -1.29. The first-order valence-corrected chi connectivity index (χ1v) is 10.2. The van der Waals surface area contributed by atoms with Gasteiger partial charge < -0.3 is 10.1 Å². The van der Waals surface area contributed by atoms with Gasteiger partial charge in [0.05, 0.1) is 13.7 Å². The van der Waals surface area contributed by atoms with Crippen LogP contribution in [-0.2, 0) is 21.7 Å². The third-order valence-corrected chi connectivity index (χ3v) is 5.63. The van der Waals surface area contributed by atoms with Crippen LogP contribution < -0.4 is 15.5 Å². The van der Waals surface area contributed by atoms with Crippen LogP contribution in [-0.4, -0.2) is 48.0 Å². The van der Waals surface area contributed by atoms with Crippen LogP contribution in [0.5, 0.6) is 5.75 Å². The summed E-state index contributed by atoms with van der Waals surface area (Å²) in [4.78, 5) is 39.9. The summed E-state index contributed by atoms with van der Waals surface area (Å²) in [5.41, 5.74) is 2.60. The van der Waals surface area contributed by atoms with Crippen molar-refractivity contribution in [2.24, 2.45) is 0 Å². The van der Waals surface area contributed by atoms with Gasteiger partial charge in [0.2, 0.25) is 0 Å². The number of halogens is 1. The highest BCUT2D eigenvalue weighted by molar-refractivity contribution is 6.31. The van der Waals surface area contributed by atoms with E-state index < -0.39 is 23.4 Å². The van der Waals surface area contributed by atoms with Crippen molar-refractivity contribution in [3.63, 3.8) is 0 Å². The minimum Gasteiger partial charge on any atom is -0.497 e. The molecule has 8 nitrogen and oxygen atoms in total. The number of carbonyl (C=O) groups excluding carboxylic acids is 3. The number of imide groups is 1. The highest BCUT2D eigenvalue weighted by Crippen LogP contribution is 2.29. The van der Waals surface area contributed by atoms with E-state index in [9.17, 15) is 14.4 Å². The third-order valence-electron chi connectivity index (χ3n) is 5.26. The molecular weight excluding hydrogens is 420 g/mol. The van der Waals surface area contributed by atoms with E-state index in [2.05, 4.69) is 10.7 Å². The number of benzene rings is 2. The Morgan fingerprint density at radius 1 is 1.19 bits per heavy atom. The molecule has 0 saturated carbocycles. The molecule has 4 amide bonds. The summed E-state index contributed by atoms with van der Waals surface area (Å²) in [6, 6.07) is 13.5. The molecule has 2 aromatic carbocycles. The Balaban J connectivity index is 1.67. The van der Waals surface area contributed by atoms with Gasteiger partial charge in [0.15, 0.2) is 0 Å².